The highest BCUT2D eigenvalue weighted by atomic mass is 35.5. The standard InChI is InChI=1S/C12H12ClFN4/c1-8-16-4-5-18(8)11-3-2-9(6-10(11)14)17-12(15)7-13/h2-6H,7H2,1H3,(H2,15,17). The van der Waals surface area contributed by atoms with E-state index in [1.54, 1.807) is 36.0 Å². The van der Waals surface area contributed by atoms with Crippen molar-refractivity contribution >= 4 is 23.1 Å². The Bertz CT molecular complexity index is 592. The van der Waals surface area contributed by atoms with Crippen molar-refractivity contribution in [3.05, 3.63) is 42.2 Å². The van der Waals surface area contributed by atoms with Gasteiger partial charge in [-0.1, -0.05) is 0 Å². The molecule has 0 saturated carbocycles. The van der Waals surface area contributed by atoms with Crippen molar-refractivity contribution < 1.29 is 4.39 Å². The first-order valence-electron chi connectivity index (χ1n) is 5.30. The number of amidine groups is 1. The van der Waals surface area contributed by atoms with Crippen molar-refractivity contribution in [3.63, 3.8) is 0 Å². The molecule has 0 spiro atoms. The van der Waals surface area contributed by atoms with Crippen LogP contribution in [0.25, 0.3) is 5.69 Å². The zero-order valence-electron chi connectivity index (χ0n) is 9.77. The van der Waals surface area contributed by atoms with E-state index in [1.807, 2.05) is 0 Å². The molecule has 1 aromatic heterocycles. The third-order valence-electron chi connectivity index (χ3n) is 2.43. The van der Waals surface area contributed by atoms with Gasteiger partial charge in [0.25, 0.3) is 0 Å². The number of nitrogens with zero attached hydrogens (tertiary/aromatic N) is 3. The highest BCUT2D eigenvalue weighted by Gasteiger charge is 2.07. The molecular weight excluding hydrogens is 255 g/mol. The van der Waals surface area contributed by atoms with E-state index >= 15 is 0 Å². The van der Waals surface area contributed by atoms with E-state index in [-0.39, 0.29) is 17.5 Å². The van der Waals surface area contributed by atoms with Gasteiger partial charge in [0.2, 0.25) is 0 Å². The minimum Gasteiger partial charge on any atom is -0.386 e. The lowest BCUT2D eigenvalue weighted by molar-refractivity contribution is 0.617. The second-order valence-corrected chi connectivity index (χ2v) is 3.98. The number of aryl methyl sites for hydroxylation is 1. The Labute approximate surface area is 109 Å². The summed E-state index contributed by atoms with van der Waals surface area (Å²) < 4.78 is 15.6. The molecule has 2 rings (SSSR count). The molecule has 0 saturated heterocycles. The van der Waals surface area contributed by atoms with Crippen molar-refractivity contribution in [2.45, 2.75) is 6.92 Å². The maximum Gasteiger partial charge on any atom is 0.149 e. The maximum absolute atomic E-state index is 14.0. The van der Waals surface area contributed by atoms with Crippen molar-refractivity contribution in [1.82, 2.24) is 9.55 Å². The molecule has 0 aliphatic carbocycles. The number of aliphatic imine (C=N–C) groups is 1. The fourth-order valence-electron chi connectivity index (χ4n) is 1.59. The van der Waals surface area contributed by atoms with Gasteiger partial charge in [-0.2, -0.15) is 0 Å². The lowest BCUT2D eigenvalue weighted by Crippen LogP contribution is -2.12. The van der Waals surface area contributed by atoms with Crippen molar-refractivity contribution in [3.8, 4) is 5.69 Å². The third kappa shape index (κ3) is 2.51. The molecule has 6 heteroatoms. The van der Waals surface area contributed by atoms with Crippen LogP contribution in [-0.2, 0) is 0 Å². The number of hydrogen-bond donors (Lipinski definition) is 1. The van der Waals surface area contributed by atoms with E-state index in [0.717, 1.165) is 0 Å². The van der Waals surface area contributed by atoms with Crippen LogP contribution in [0.15, 0.2) is 35.6 Å². The predicted molar refractivity (Wildman–Crippen MR) is 70.3 cm³/mol. The van der Waals surface area contributed by atoms with E-state index in [0.29, 0.717) is 17.2 Å². The van der Waals surface area contributed by atoms with E-state index in [9.17, 15) is 4.39 Å². The summed E-state index contributed by atoms with van der Waals surface area (Å²) in [5.41, 5.74) is 6.35. The first-order valence-corrected chi connectivity index (χ1v) is 5.84. The molecule has 1 aromatic carbocycles. The molecule has 0 unspecified atom stereocenters. The summed E-state index contributed by atoms with van der Waals surface area (Å²) in [5, 5.41) is 0. The summed E-state index contributed by atoms with van der Waals surface area (Å²) in [6.45, 7) is 1.80. The number of hydrogen-bond acceptors (Lipinski definition) is 2. The van der Waals surface area contributed by atoms with E-state index in [1.165, 1.54) is 6.07 Å². The second-order valence-electron chi connectivity index (χ2n) is 3.72. The summed E-state index contributed by atoms with van der Waals surface area (Å²) in [7, 11) is 0. The van der Waals surface area contributed by atoms with Gasteiger partial charge in [0.05, 0.1) is 17.3 Å². The quantitative estimate of drug-likeness (QED) is 0.527. The van der Waals surface area contributed by atoms with E-state index in [4.69, 9.17) is 17.3 Å². The molecule has 0 radical (unpaired) electrons. The number of halogens is 2. The van der Waals surface area contributed by atoms with E-state index < -0.39 is 0 Å². The lowest BCUT2D eigenvalue weighted by Gasteiger charge is -2.07. The molecule has 2 aromatic rings. The Morgan fingerprint density at radius 1 is 1.56 bits per heavy atom. The maximum atomic E-state index is 14.0. The molecule has 94 valence electrons. The average molecular weight is 267 g/mol. The molecule has 0 fully saturated rings. The lowest BCUT2D eigenvalue weighted by atomic mass is 10.2. The van der Waals surface area contributed by atoms with Gasteiger partial charge in [0, 0.05) is 18.5 Å². The molecule has 2 N–H and O–H groups in total. The van der Waals surface area contributed by atoms with Crippen LogP contribution < -0.4 is 5.73 Å². The molecule has 18 heavy (non-hydrogen) atoms. The summed E-state index contributed by atoms with van der Waals surface area (Å²) >= 11 is 5.51. The Balaban J connectivity index is 2.40. The smallest absolute Gasteiger partial charge is 0.149 e. The largest absolute Gasteiger partial charge is 0.386 e. The molecule has 0 aliphatic rings. The fraction of sp³-hybridized carbons (Fsp3) is 0.167. The predicted octanol–water partition coefficient (Wildman–Crippen LogP) is 2.55. The summed E-state index contributed by atoms with van der Waals surface area (Å²) in [4.78, 5) is 8.03. The number of benzene rings is 1. The topological polar surface area (TPSA) is 56.2 Å². The van der Waals surface area contributed by atoms with Gasteiger partial charge in [-0.05, 0) is 19.1 Å². The number of alkyl halides is 1. The highest BCUT2D eigenvalue weighted by Crippen LogP contribution is 2.21. The van der Waals surface area contributed by atoms with Gasteiger partial charge in [-0.15, -0.1) is 11.6 Å². The van der Waals surface area contributed by atoms with Crippen LogP contribution in [0, 0.1) is 12.7 Å². The Morgan fingerprint density at radius 3 is 2.89 bits per heavy atom. The van der Waals surface area contributed by atoms with Gasteiger partial charge < -0.3 is 10.3 Å². The van der Waals surface area contributed by atoms with Crippen LogP contribution in [0.3, 0.4) is 0 Å². The molecule has 0 amide bonds. The van der Waals surface area contributed by atoms with Crippen molar-refractivity contribution in [2.75, 3.05) is 5.88 Å². The molecule has 0 atom stereocenters. The zero-order chi connectivity index (χ0) is 13.1. The van der Waals surface area contributed by atoms with Gasteiger partial charge >= 0.3 is 0 Å². The SMILES string of the molecule is Cc1nccn1-c1ccc(N=C(N)CCl)cc1F. The highest BCUT2D eigenvalue weighted by molar-refractivity contribution is 6.28. The monoisotopic (exact) mass is 266 g/mol. The number of imidazole rings is 1. The zero-order valence-corrected chi connectivity index (χ0v) is 10.5. The van der Waals surface area contributed by atoms with Gasteiger partial charge in [-0.3, -0.25) is 0 Å². The molecule has 4 nitrogen and oxygen atoms in total. The van der Waals surface area contributed by atoms with Crippen LogP contribution in [0.2, 0.25) is 0 Å². The van der Waals surface area contributed by atoms with Crippen molar-refractivity contribution in [2.24, 2.45) is 10.7 Å². The number of rotatable bonds is 3. The number of nitrogens with two attached hydrogens (primary N) is 1. The first-order chi connectivity index (χ1) is 8.61. The van der Waals surface area contributed by atoms with Crippen LogP contribution in [0.4, 0.5) is 10.1 Å². The van der Waals surface area contributed by atoms with Crippen LogP contribution in [0.1, 0.15) is 5.82 Å². The normalized spacial score (nSPS) is 11.8. The van der Waals surface area contributed by atoms with Crippen molar-refractivity contribution in [1.29, 1.82) is 0 Å². The minimum absolute atomic E-state index is 0.115. The average Bonchev–Trinajstić information content (AvgIpc) is 2.75. The summed E-state index contributed by atoms with van der Waals surface area (Å²) in [6.07, 6.45) is 3.32. The molecule has 0 bridgehead atoms. The molecule has 0 aliphatic heterocycles. The summed E-state index contributed by atoms with van der Waals surface area (Å²) in [5.74, 6) is 0.692. The van der Waals surface area contributed by atoms with E-state index in [2.05, 4.69) is 9.98 Å². The number of aromatic nitrogens is 2. The minimum atomic E-state index is -0.389. The fourth-order valence-corrected chi connectivity index (χ4v) is 1.65. The van der Waals surface area contributed by atoms with Crippen LogP contribution in [-0.4, -0.2) is 21.3 Å². The third-order valence-corrected chi connectivity index (χ3v) is 2.70. The summed E-state index contributed by atoms with van der Waals surface area (Å²) in [6, 6.07) is 4.62. The van der Waals surface area contributed by atoms with Gasteiger partial charge in [-0.25, -0.2) is 14.4 Å². The molecule has 1 heterocycles. The Morgan fingerprint density at radius 2 is 2.33 bits per heavy atom. The Hall–Kier alpha value is -1.88. The molecular formula is C12H12ClFN4. The van der Waals surface area contributed by atoms with Gasteiger partial charge in [0.1, 0.15) is 17.5 Å². The van der Waals surface area contributed by atoms with Crippen LogP contribution in [0.5, 0.6) is 0 Å². The second kappa shape index (κ2) is 5.18. The van der Waals surface area contributed by atoms with Gasteiger partial charge in [0.15, 0.2) is 0 Å². The Kier molecular flexibility index (Phi) is 3.62. The van der Waals surface area contributed by atoms with Crippen LogP contribution >= 0.6 is 11.6 Å². The first kappa shape index (κ1) is 12.6.